The molecular formula is C23H26FN3O2. The minimum absolute atomic E-state index is 0.423. The maximum Gasteiger partial charge on any atom is 0.274 e. The second-order valence-electron chi connectivity index (χ2n) is 7.73. The number of para-hydroxylation sites is 1. The summed E-state index contributed by atoms with van der Waals surface area (Å²) >= 11 is 0. The van der Waals surface area contributed by atoms with E-state index in [1.807, 2.05) is 12.1 Å². The molecule has 0 radical (unpaired) electrons. The number of nitrogens with zero attached hydrogens (tertiary/aromatic N) is 2. The molecule has 5 nitrogen and oxygen atoms in total. The molecular weight excluding hydrogens is 369 g/mol. The summed E-state index contributed by atoms with van der Waals surface area (Å²) in [7, 11) is 0. The average Bonchev–Trinajstić information content (AvgIpc) is 3.27. The fourth-order valence-corrected chi connectivity index (χ4v) is 4.29. The summed E-state index contributed by atoms with van der Waals surface area (Å²) in [6, 6.07) is 15.7. The van der Waals surface area contributed by atoms with Crippen LogP contribution in [0.3, 0.4) is 0 Å². The molecule has 1 aliphatic heterocycles. The van der Waals surface area contributed by atoms with Gasteiger partial charge in [0, 0.05) is 48.3 Å². The van der Waals surface area contributed by atoms with E-state index in [2.05, 4.69) is 40.7 Å². The Morgan fingerprint density at radius 3 is 2.62 bits per heavy atom. The van der Waals surface area contributed by atoms with E-state index in [0.717, 1.165) is 31.6 Å². The van der Waals surface area contributed by atoms with Crippen LogP contribution in [0.5, 0.6) is 0 Å². The molecule has 0 spiro atoms. The monoisotopic (exact) mass is 395 g/mol. The number of hydrogen-bond acceptors (Lipinski definition) is 3. The van der Waals surface area contributed by atoms with Gasteiger partial charge in [0.1, 0.15) is 6.17 Å². The molecule has 6 heteroatoms. The number of nitrogens with one attached hydrogen (secondary N) is 1. The fraction of sp³-hybridized carbons (Fsp3) is 0.348. The van der Waals surface area contributed by atoms with E-state index >= 15 is 0 Å². The van der Waals surface area contributed by atoms with Crippen LogP contribution >= 0.6 is 0 Å². The number of likely N-dealkylation sites (tertiary alicyclic amines) is 1. The van der Waals surface area contributed by atoms with Crippen LogP contribution in [0.1, 0.15) is 33.6 Å². The van der Waals surface area contributed by atoms with E-state index in [1.54, 1.807) is 17.6 Å². The Kier molecular flexibility index (Phi) is 5.65. The number of carbonyl (C=O) groups is 1. The minimum Gasteiger partial charge on any atom is -0.343 e. The largest absolute Gasteiger partial charge is 0.343 e. The lowest BCUT2D eigenvalue weighted by atomic mass is 10.0. The van der Waals surface area contributed by atoms with Gasteiger partial charge in [-0.05, 0) is 49.1 Å². The smallest absolute Gasteiger partial charge is 0.274 e. The van der Waals surface area contributed by atoms with Crippen molar-refractivity contribution in [2.45, 2.75) is 32.5 Å². The van der Waals surface area contributed by atoms with Crippen LogP contribution in [-0.2, 0) is 13.0 Å². The van der Waals surface area contributed by atoms with Crippen LogP contribution in [-0.4, -0.2) is 46.4 Å². The summed E-state index contributed by atoms with van der Waals surface area (Å²) in [6.45, 7) is 5.21. The Morgan fingerprint density at radius 2 is 1.93 bits per heavy atom. The molecule has 1 atom stereocenters. The molecule has 4 rings (SSSR count). The molecule has 1 saturated heterocycles. The molecule has 1 aliphatic rings. The second-order valence-corrected chi connectivity index (χ2v) is 7.73. The topological polar surface area (TPSA) is 57.5 Å². The third-order valence-corrected chi connectivity index (χ3v) is 5.91. The highest BCUT2D eigenvalue weighted by molar-refractivity contribution is 5.93. The zero-order valence-electron chi connectivity index (χ0n) is 16.6. The third kappa shape index (κ3) is 4.04. The summed E-state index contributed by atoms with van der Waals surface area (Å²) in [4.78, 5) is 13.7. The van der Waals surface area contributed by atoms with Crippen LogP contribution in [0, 0.1) is 6.92 Å². The number of amides is 1. The highest BCUT2D eigenvalue weighted by Gasteiger charge is 2.22. The standard InChI is InChI=1S/C23H26FN3O2/c1-16-21(14-17-6-8-18(9-7-17)23(28)25-29)20-4-2-3-5-22(20)27(16)13-12-26-11-10-19(24)15-26/h2-9,19,29H,10-15H2,1H3,(H,25,28). The number of halogens is 1. The predicted octanol–water partition coefficient (Wildman–Crippen LogP) is 3.70. The first-order valence-electron chi connectivity index (χ1n) is 10.0. The molecule has 2 N–H and O–H groups in total. The Bertz CT molecular complexity index is 1010. The van der Waals surface area contributed by atoms with Gasteiger partial charge in [0.15, 0.2) is 0 Å². The first-order chi connectivity index (χ1) is 14.1. The molecule has 1 fully saturated rings. The van der Waals surface area contributed by atoms with Crippen LogP contribution in [0.2, 0.25) is 0 Å². The zero-order valence-corrected chi connectivity index (χ0v) is 16.6. The van der Waals surface area contributed by atoms with Crippen LogP contribution in [0.25, 0.3) is 10.9 Å². The van der Waals surface area contributed by atoms with Gasteiger partial charge in [-0.15, -0.1) is 0 Å². The molecule has 152 valence electrons. The highest BCUT2D eigenvalue weighted by Crippen LogP contribution is 2.28. The summed E-state index contributed by atoms with van der Waals surface area (Å²) in [5, 5.41) is 10.00. The summed E-state index contributed by atoms with van der Waals surface area (Å²) in [6.07, 6.45) is 0.710. The van der Waals surface area contributed by atoms with Crippen molar-refractivity contribution in [3.05, 3.63) is 70.9 Å². The molecule has 29 heavy (non-hydrogen) atoms. The fourth-order valence-electron chi connectivity index (χ4n) is 4.29. The normalized spacial score (nSPS) is 17.1. The van der Waals surface area contributed by atoms with E-state index in [1.165, 1.54) is 22.2 Å². The number of fused-ring (bicyclic) bond motifs is 1. The predicted molar refractivity (Wildman–Crippen MR) is 111 cm³/mol. The van der Waals surface area contributed by atoms with Gasteiger partial charge in [0.05, 0.1) is 0 Å². The Hall–Kier alpha value is -2.70. The molecule has 1 aromatic heterocycles. The summed E-state index contributed by atoms with van der Waals surface area (Å²) in [5.41, 5.74) is 6.87. The lowest BCUT2D eigenvalue weighted by Crippen LogP contribution is -2.25. The maximum atomic E-state index is 13.5. The van der Waals surface area contributed by atoms with Gasteiger partial charge < -0.3 is 4.57 Å². The van der Waals surface area contributed by atoms with Gasteiger partial charge >= 0.3 is 0 Å². The minimum atomic E-state index is -0.691. The van der Waals surface area contributed by atoms with Crippen molar-refractivity contribution in [1.29, 1.82) is 0 Å². The Morgan fingerprint density at radius 1 is 1.17 bits per heavy atom. The zero-order chi connectivity index (χ0) is 20.4. The molecule has 1 amide bonds. The first kappa shape index (κ1) is 19.6. The number of hydrogen-bond donors (Lipinski definition) is 2. The number of alkyl halides is 1. The molecule has 0 aliphatic carbocycles. The lowest BCUT2D eigenvalue weighted by Gasteiger charge is -2.17. The van der Waals surface area contributed by atoms with Gasteiger partial charge in [0.25, 0.3) is 5.91 Å². The van der Waals surface area contributed by atoms with E-state index in [9.17, 15) is 9.18 Å². The molecule has 2 heterocycles. The third-order valence-electron chi connectivity index (χ3n) is 5.91. The van der Waals surface area contributed by atoms with Crippen LogP contribution in [0.15, 0.2) is 48.5 Å². The van der Waals surface area contributed by atoms with Crippen molar-refractivity contribution >= 4 is 16.8 Å². The molecule has 2 aromatic carbocycles. The van der Waals surface area contributed by atoms with E-state index in [0.29, 0.717) is 18.5 Å². The van der Waals surface area contributed by atoms with Crippen molar-refractivity contribution in [2.75, 3.05) is 19.6 Å². The number of rotatable bonds is 6. The van der Waals surface area contributed by atoms with Crippen molar-refractivity contribution in [1.82, 2.24) is 14.9 Å². The van der Waals surface area contributed by atoms with E-state index < -0.39 is 12.1 Å². The van der Waals surface area contributed by atoms with E-state index in [4.69, 9.17) is 5.21 Å². The quantitative estimate of drug-likeness (QED) is 0.494. The number of aromatic nitrogens is 1. The van der Waals surface area contributed by atoms with Crippen molar-refractivity contribution in [2.24, 2.45) is 0 Å². The Balaban J connectivity index is 1.59. The average molecular weight is 395 g/mol. The van der Waals surface area contributed by atoms with Crippen molar-refractivity contribution < 1.29 is 14.4 Å². The SMILES string of the molecule is Cc1c(Cc2ccc(C(=O)NO)cc2)c2ccccc2n1CCN1CCC(F)C1. The number of carbonyl (C=O) groups excluding carboxylic acids is 1. The first-order valence-corrected chi connectivity index (χ1v) is 10.0. The highest BCUT2D eigenvalue weighted by atomic mass is 19.1. The van der Waals surface area contributed by atoms with Gasteiger partial charge in [0.2, 0.25) is 0 Å². The molecule has 3 aromatic rings. The number of hydroxylamine groups is 1. The van der Waals surface area contributed by atoms with Crippen LogP contribution < -0.4 is 5.48 Å². The van der Waals surface area contributed by atoms with Crippen molar-refractivity contribution in [3.63, 3.8) is 0 Å². The molecule has 1 unspecified atom stereocenters. The summed E-state index contributed by atoms with van der Waals surface area (Å²) in [5.74, 6) is -0.512. The number of benzene rings is 2. The molecule has 0 bridgehead atoms. The van der Waals surface area contributed by atoms with Crippen molar-refractivity contribution in [3.8, 4) is 0 Å². The summed E-state index contributed by atoms with van der Waals surface area (Å²) < 4.78 is 15.8. The molecule has 0 saturated carbocycles. The van der Waals surface area contributed by atoms with Crippen LogP contribution in [0.4, 0.5) is 4.39 Å². The van der Waals surface area contributed by atoms with Gasteiger partial charge in [-0.2, -0.15) is 0 Å². The second kappa shape index (κ2) is 8.35. The van der Waals surface area contributed by atoms with Gasteiger partial charge in [-0.1, -0.05) is 30.3 Å². The lowest BCUT2D eigenvalue weighted by molar-refractivity contribution is 0.0706. The maximum absolute atomic E-state index is 13.5. The van der Waals surface area contributed by atoms with Gasteiger partial charge in [-0.25, -0.2) is 9.87 Å². The Labute approximate surface area is 169 Å². The van der Waals surface area contributed by atoms with Gasteiger partial charge in [-0.3, -0.25) is 14.9 Å². The van der Waals surface area contributed by atoms with E-state index in [-0.39, 0.29) is 0 Å².